The Kier molecular flexibility index (Phi) is 5.65. The van der Waals surface area contributed by atoms with Gasteiger partial charge in [0.15, 0.2) is 0 Å². The van der Waals surface area contributed by atoms with Gasteiger partial charge in [-0.1, -0.05) is 0 Å². The Morgan fingerprint density at radius 3 is 2.88 bits per heavy atom. The first-order valence-electron chi connectivity index (χ1n) is 4.95. The Morgan fingerprint density at radius 1 is 1.44 bits per heavy atom. The molecular weight excluding hydrogens is 276 g/mol. The number of aryl methyl sites for hydroxylation is 1. The van der Waals surface area contributed by atoms with Crippen LogP contribution in [0, 0.1) is 6.92 Å². The van der Waals surface area contributed by atoms with Crippen LogP contribution < -0.4 is 5.56 Å². The molecule has 0 aliphatic carbocycles. The fourth-order valence-corrected chi connectivity index (χ4v) is 1.44. The maximum atomic E-state index is 11.7. The van der Waals surface area contributed by atoms with E-state index in [1.165, 1.54) is 10.9 Å². The quantitative estimate of drug-likeness (QED) is 0.733. The summed E-state index contributed by atoms with van der Waals surface area (Å²) in [4.78, 5) is 15.8. The number of halogens is 1. The SMILES string of the molecule is COCCOCCn1cnc(C)c(Br)c1=O. The molecule has 0 unspecified atom stereocenters. The maximum Gasteiger partial charge on any atom is 0.267 e. The van der Waals surface area contributed by atoms with E-state index in [0.717, 1.165) is 0 Å². The lowest BCUT2D eigenvalue weighted by molar-refractivity contribution is 0.0661. The Labute approximate surface area is 103 Å². The molecule has 0 aromatic carbocycles. The van der Waals surface area contributed by atoms with Crippen molar-refractivity contribution >= 4 is 15.9 Å². The highest BCUT2D eigenvalue weighted by Gasteiger charge is 2.04. The minimum absolute atomic E-state index is 0.0807. The molecule has 6 heteroatoms. The summed E-state index contributed by atoms with van der Waals surface area (Å²) in [5.41, 5.74) is 0.615. The molecule has 16 heavy (non-hydrogen) atoms. The summed E-state index contributed by atoms with van der Waals surface area (Å²) in [6.07, 6.45) is 1.53. The molecule has 0 aliphatic heterocycles. The molecule has 90 valence electrons. The van der Waals surface area contributed by atoms with Crippen LogP contribution in [0.15, 0.2) is 15.6 Å². The van der Waals surface area contributed by atoms with Crippen molar-refractivity contribution in [3.63, 3.8) is 0 Å². The van der Waals surface area contributed by atoms with Crippen molar-refractivity contribution < 1.29 is 9.47 Å². The van der Waals surface area contributed by atoms with E-state index in [9.17, 15) is 4.79 Å². The van der Waals surface area contributed by atoms with Gasteiger partial charge >= 0.3 is 0 Å². The third-order valence-electron chi connectivity index (χ3n) is 2.07. The topological polar surface area (TPSA) is 53.4 Å². The monoisotopic (exact) mass is 290 g/mol. The number of aromatic nitrogens is 2. The highest BCUT2D eigenvalue weighted by atomic mass is 79.9. The van der Waals surface area contributed by atoms with Crippen molar-refractivity contribution in [3.05, 3.63) is 26.8 Å². The van der Waals surface area contributed by atoms with Crippen LogP contribution in [0.5, 0.6) is 0 Å². The van der Waals surface area contributed by atoms with Gasteiger partial charge < -0.3 is 9.47 Å². The lowest BCUT2D eigenvalue weighted by Crippen LogP contribution is -2.24. The van der Waals surface area contributed by atoms with Crippen LogP contribution in [0.2, 0.25) is 0 Å². The van der Waals surface area contributed by atoms with Gasteiger partial charge in [0.2, 0.25) is 0 Å². The first-order valence-corrected chi connectivity index (χ1v) is 5.74. The molecule has 0 spiro atoms. The van der Waals surface area contributed by atoms with Crippen molar-refractivity contribution in [3.8, 4) is 0 Å². The van der Waals surface area contributed by atoms with Gasteiger partial charge in [0.05, 0.1) is 38.4 Å². The van der Waals surface area contributed by atoms with Gasteiger partial charge in [-0.25, -0.2) is 4.98 Å². The van der Waals surface area contributed by atoms with Gasteiger partial charge in [-0.3, -0.25) is 9.36 Å². The summed E-state index contributed by atoms with van der Waals surface area (Å²) < 4.78 is 12.1. The van der Waals surface area contributed by atoms with E-state index in [1.54, 1.807) is 14.0 Å². The molecule has 0 radical (unpaired) electrons. The van der Waals surface area contributed by atoms with Crippen LogP contribution in [0.4, 0.5) is 0 Å². The fraction of sp³-hybridized carbons (Fsp3) is 0.600. The van der Waals surface area contributed by atoms with Crippen molar-refractivity contribution in [1.82, 2.24) is 9.55 Å². The van der Waals surface area contributed by atoms with Gasteiger partial charge in [-0.05, 0) is 22.9 Å². The zero-order valence-corrected chi connectivity index (χ0v) is 11.0. The molecule has 0 saturated carbocycles. The number of rotatable bonds is 6. The molecule has 0 bridgehead atoms. The van der Waals surface area contributed by atoms with Gasteiger partial charge in [0, 0.05) is 7.11 Å². The predicted molar refractivity (Wildman–Crippen MR) is 63.6 cm³/mol. The second-order valence-corrected chi connectivity index (χ2v) is 4.04. The number of hydrogen-bond acceptors (Lipinski definition) is 4. The van der Waals surface area contributed by atoms with E-state index >= 15 is 0 Å². The highest BCUT2D eigenvalue weighted by Crippen LogP contribution is 2.05. The van der Waals surface area contributed by atoms with Crippen LogP contribution in [0.1, 0.15) is 5.69 Å². The lowest BCUT2D eigenvalue weighted by Gasteiger charge is -2.07. The Morgan fingerprint density at radius 2 is 2.19 bits per heavy atom. The molecule has 1 aromatic rings. The summed E-state index contributed by atoms with van der Waals surface area (Å²) in [6.45, 7) is 3.84. The maximum absolute atomic E-state index is 11.7. The highest BCUT2D eigenvalue weighted by molar-refractivity contribution is 9.10. The van der Waals surface area contributed by atoms with Gasteiger partial charge in [-0.2, -0.15) is 0 Å². The van der Waals surface area contributed by atoms with Gasteiger partial charge in [-0.15, -0.1) is 0 Å². The normalized spacial score (nSPS) is 10.7. The minimum Gasteiger partial charge on any atom is -0.382 e. The lowest BCUT2D eigenvalue weighted by atomic mass is 10.4. The zero-order valence-electron chi connectivity index (χ0n) is 9.40. The molecule has 1 heterocycles. The third kappa shape index (κ3) is 3.70. The number of ether oxygens (including phenoxy) is 2. The van der Waals surface area contributed by atoms with E-state index in [2.05, 4.69) is 20.9 Å². The number of nitrogens with zero attached hydrogens (tertiary/aromatic N) is 2. The molecule has 0 saturated heterocycles. The number of hydrogen-bond donors (Lipinski definition) is 0. The standard InChI is InChI=1S/C10H15BrN2O3/c1-8-9(11)10(14)13(7-12-8)3-4-16-6-5-15-2/h7H,3-6H2,1-2H3. The van der Waals surface area contributed by atoms with Crippen molar-refractivity contribution in [2.45, 2.75) is 13.5 Å². The summed E-state index contributed by atoms with van der Waals surface area (Å²) >= 11 is 3.21. The van der Waals surface area contributed by atoms with Crippen LogP contribution >= 0.6 is 15.9 Å². The molecule has 5 nitrogen and oxygen atoms in total. The second kappa shape index (κ2) is 6.78. The summed E-state index contributed by atoms with van der Waals surface area (Å²) in [6, 6.07) is 0. The first-order chi connectivity index (χ1) is 7.66. The summed E-state index contributed by atoms with van der Waals surface area (Å²) in [5, 5.41) is 0. The zero-order chi connectivity index (χ0) is 12.0. The van der Waals surface area contributed by atoms with E-state index in [1.807, 2.05) is 0 Å². The molecule has 0 amide bonds. The second-order valence-electron chi connectivity index (χ2n) is 3.25. The molecule has 0 aliphatic rings. The molecule has 0 fully saturated rings. The third-order valence-corrected chi connectivity index (χ3v) is 2.98. The average Bonchev–Trinajstić information content (AvgIpc) is 2.28. The number of methoxy groups -OCH3 is 1. The van der Waals surface area contributed by atoms with E-state index < -0.39 is 0 Å². The molecule has 1 aromatic heterocycles. The summed E-state index contributed by atoms with van der Waals surface area (Å²) in [5.74, 6) is 0. The van der Waals surface area contributed by atoms with Crippen molar-refractivity contribution in [1.29, 1.82) is 0 Å². The average molecular weight is 291 g/mol. The predicted octanol–water partition coefficient (Wildman–Crippen LogP) is 0.977. The molecule has 0 atom stereocenters. The van der Waals surface area contributed by atoms with Crippen LogP contribution in [0.25, 0.3) is 0 Å². The molecular formula is C10H15BrN2O3. The first kappa shape index (κ1) is 13.3. The Balaban J connectivity index is 2.49. The Hall–Kier alpha value is -0.720. The van der Waals surface area contributed by atoms with Crippen LogP contribution in [-0.2, 0) is 16.0 Å². The minimum atomic E-state index is -0.0807. The van der Waals surface area contributed by atoms with Crippen molar-refractivity contribution in [2.24, 2.45) is 0 Å². The van der Waals surface area contributed by atoms with Crippen LogP contribution in [-0.4, -0.2) is 36.5 Å². The summed E-state index contributed by atoms with van der Waals surface area (Å²) in [7, 11) is 1.62. The largest absolute Gasteiger partial charge is 0.382 e. The van der Waals surface area contributed by atoms with Gasteiger partial charge in [0.1, 0.15) is 4.47 Å². The fourth-order valence-electron chi connectivity index (χ4n) is 1.11. The van der Waals surface area contributed by atoms with Crippen LogP contribution in [0.3, 0.4) is 0 Å². The van der Waals surface area contributed by atoms with Crippen molar-refractivity contribution in [2.75, 3.05) is 26.9 Å². The van der Waals surface area contributed by atoms with E-state index in [-0.39, 0.29) is 5.56 Å². The Bertz CT molecular complexity index is 392. The molecule has 0 N–H and O–H groups in total. The smallest absolute Gasteiger partial charge is 0.267 e. The van der Waals surface area contributed by atoms with E-state index in [4.69, 9.17) is 9.47 Å². The molecule has 1 rings (SSSR count). The van der Waals surface area contributed by atoms with E-state index in [0.29, 0.717) is 36.5 Å². The van der Waals surface area contributed by atoms with Gasteiger partial charge in [0.25, 0.3) is 5.56 Å².